The summed E-state index contributed by atoms with van der Waals surface area (Å²) in [7, 11) is -2.25. The molecule has 1 aliphatic rings. The van der Waals surface area contributed by atoms with Gasteiger partial charge in [0.15, 0.2) is 8.32 Å². The number of carbonyl (C=O) groups excluding carboxylic acids is 1. The maximum Gasteiger partial charge on any atom is 0.302 e. The highest BCUT2D eigenvalue weighted by Gasteiger charge is 2.50. The number of hydrogen-bond donors (Lipinski definition) is 1. The van der Waals surface area contributed by atoms with E-state index in [1.54, 1.807) is 0 Å². The molecule has 1 aliphatic heterocycles. The third-order valence-electron chi connectivity index (χ3n) is 7.16. The summed E-state index contributed by atoms with van der Waals surface area (Å²) in [4.78, 5) is 14.6. The van der Waals surface area contributed by atoms with E-state index in [1.807, 2.05) is 30.3 Å². The van der Waals surface area contributed by atoms with Gasteiger partial charge in [-0.15, -0.1) is 0 Å². The van der Waals surface area contributed by atoms with Gasteiger partial charge in [0.25, 0.3) is 0 Å². The van der Waals surface area contributed by atoms with E-state index >= 15 is 0 Å². The first kappa shape index (κ1) is 30.3. The summed E-state index contributed by atoms with van der Waals surface area (Å²) in [5.74, 6) is -0.452. The smallest absolute Gasteiger partial charge is 0.302 e. The van der Waals surface area contributed by atoms with Crippen LogP contribution in [0.4, 0.5) is 0 Å². The summed E-state index contributed by atoms with van der Waals surface area (Å²) in [5.41, 5.74) is 10.1. The Morgan fingerprint density at radius 3 is 2.31 bits per heavy atom. The molecule has 1 saturated heterocycles. The van der Waals surface area contributed by atoms with E-state index in [9.17, 15) is 15.4 Å². The minimum atomic E-state index is -2.25. The highest BCUT2D eigenvalue weighted by atomic mass is 28.4. The van der Waals surface area contributed by atoms with E-state index in [-0.39, 0.29) is 26.2 Å². The van der Waals surface area contributed by atoms with Crippen molar-refractivity contribution in [3.8, 4) is 0 Å². The molecule has 2 rings (SSSR count). The number of aliphatic hydroxyl groups excluding tert-OH is 1. The lowest BCUT2D eigenvalue weighted by atomic mass is 9.87. The number of azide groups is 1. The number of nitrogens with zero attached hydrogens (tertiary/aromatic N) is 3. The van der Waals surface area contributed by atoms with Gasteiger partial charge in [-0.05, 0) is 27.7 Å². The molecule has 0 amide bonds. The molecule has 9 nitrogen and oxygen atoms in total. The number of carbonyl (C=O) groups is 1. The quantitative estimate of drug-likeness (QED) is 0.120. The lowest BCUT2D eigenvalue weighted by molar-refractivity contribution is -0.222. The molecule has 1 aromatic rings. The predicted octanol–water partition coefficient (Wildman–Crippen LogP) is 5.53. The van der Waals surface area contributed by atoms with E-state index in [2.05, 4.69) is 51.6 Å². The van der Waals surface area contributed by atoms with Crippen LogP contribution < -0.4 is 0 Å². The standard InChI is InChI=1S/C26H43N3O6Si/c1-18(2)36(19(3)4,20(5)6)34-15-24-25(28-29-27)23(31)13-26(35-24,17-33-21(7)30)16-32-14-22-11-9-8-10-12-22/h8-12,18-20,23-25,31H,13-17H2,1-7H3/t23-,24+,25-,26-/m1/s1. The van der Waals surface area contributed by atoms with Crippen LogP contribution >= 0.6 is 0 Å². The SMILES string of the molecule is CC(=O)OC[C@]1(COCc2ccccc2)C[C@@H](O)[C@@H](N=[N+]=[N-])[C@H](CO[Si](C(C)C)(C(C)C)C(C)C)O1. The summed E-state index contributed by atoms with van der Waals surface area (Å²) in [5, 5.41) is 14.9. The van der Waals surface area contributed by atoms with Crippen LogP contribution in [0.25, 0.3) is 10.4 Å². The highest BCUT2D eigenvalue weighted by Crippen LogP contribution is 2.43. The van der Waals surface area contributed by atoms with Crippen molar-refractivity contribution in [3.05, 3.63) is 46.3 Å². The predicted molar refractivity (Wildman–Crippen MR) is 141 cm³/mol. The molecule has 1 heterocycles. The Morgan fingerprint density at radius 2 is 1.78 bits per heavy atom. The number of benzene rings is 1. The maximum atomic E-state index is 11.7. The van der Waals surface area contributed by atoms with Crippen LogP contribution in [0.5, 0.6) is 0 Å². The van der Waals surface area contributed by atoms with Crippen LogP contribution in [-0.4, -0.2) is 63.1 Å². The van der Waals surface area contributed by atoms with Crippen molar-refractivity contribution in [2.75, 3.05) is 19.8 Å². The van der Waals surface area contributed by atoms with Crippen LogP contribution in [0.3, 0.4) is 0 Å². The second-order valence-electron chi connectivity index (χ2n) is 10.7. The Bertz CT molecular complexity index is 856. The zero-order chi connectivity index (χ0) is 26.9. The number of hydrogen-bond acceptors (Lipinski definition) is 7. The summed E-state index contributed by atoms with van der Waals surface area (Å²) in [6.45, 7) is 15.0. The van der Waals surface area contributed by atoms with Gasteiger partial charge in [0.05, 0.1) is 38.1 Å². The van der Waals surface area contributed by atoms with Gasteiger partial charge in [0.1, 0.15) is 12.2 Å². The highest BCUT2D eigenvalue weighted by molar-refractivity contribution is 6.77. The van der Waals surface area contributed by atoms with Crippen LogP contribution in [-0.2, 0) is 30.0 Å². The van der Waals surface area contributed by atoms with E-state index in [1.165, 1.54) is 6.92 Å². The molecule has 0 bridgehead atoms. The van der Waals surface area contributed by atoms with E-state index in [0.29, 0.717) is 23.2 Å². The molecule has 1 aromatic carbocycles. The Labute approximate surface area is 216 Å². The average Bonchev–Trinajstić information content (AvgIpc) is 2.80. The Hall–Kier alpha value is -1.94. The molecule has 0 aromatic heterocycles. The van der Waals surface area contributed by atoms with Crippen LogP contribution in [0, 0.1) is 0 Å². The third-order valence-corrected chi connectivity index (χ3v) is 13.2. The first-order valence-electron chi connectivity index (χ1n) is 12.8. The molecule has 4 atom stereocenters. The van der Waals surface area contributed by atoms with E-state index in [0.717, 1.165) is 5.56 Å². The van der Waals surface area contributed by atoms with Crippen molar-refractivity contribution in [3.63, 3.8) is 0 Å². The molecular formula is C26H43N3O6Si. The fourth-order valence-corrected chi connectivity index (χ4v) is 11.1. The zero-order valence-corrected chi connectivity index (χ0v) is 23.7. The molecule has 202 valence electrons. The second-order valence-corrected chi connectivity index (χ2v) is 16.2. The third kappa shape index (κ3) is 7.54. The zero-order valence-electron chi connectivity index (χ0n) is 22.7. The van der Waals surface area contributed by atoms with Crippen molar-refractivity contribution < 1.29 is 28.5 Å². The maximum absolute atomic E-state index is 11.7. The summed E-state index contributed by atoms with van der Waals surface area (Å²) >= 11 is 0. The summed E-state index contributed by atoms with van der Waals surface area (Å²) in [6, 6.07) is 8.88. The summed E-state index contributed by atoms with van der Waals surface area (Å²) < 4.78 is 24.6. The lowest BCUT2D eigenvalue weighted by Gasteiger charge is -2.48. The average molecular weight is 522 g/mol. The van der Waals surface area contributed by atoms with Gasteiger partial charge in [-0.3, -0.25) is 4.79 Å². The molecule has 0 saturated carbocycles. The van der Waals surface area contributed by atoms with Gasteiger partial charge >= 0.3 is 5.97 Å². The van der Waals surface area contributed by atoms with Gasteiger partial charge in [-0.1, -0.05) is 77.0 Å². The van der Waals surface area contributed by atoms with E-state index < -0.39 is 38.1 Å². The van der Waals surface area contributed by atoms with Gasteiger partial charge < -0.3 is 23.7 Å². The first-order chi connectivity index (χ1) is 17.0. The first-order valence-corrected chi connectivity index (χ1v) is 14.9. The lowest BCUT2D eigenvalue weighted by Crippen LogP contribution is -2.60. The fourth-order valence-electron chi connectivity index (χ4n) is 5.65. The number of ether oxygens (including phenoxy) is 3. The second kappa shape index (κ2) is 13.6. The fraction of sp³-hybridized carbons (Fsp3) is 0.731. The Morgan fingerprint density at radius 1 is 1.17 bits per heavy atom. The molecule has 0 radical (unpaired) electrons. The number of rotatable bonds is 13. The minimum Gasteiger partial charge on any atom is -0.463 e. The van der Waals surface area contributed by atoms with Gasteiger partial charge in [-0.2, -0.15) is 0 Å². The van der Waals surface area contributed by atoms with Crippen LogP contribution in [0.15, 0.2) is 35.4 Å². The summed E-state index contributed by atoms with van der Waals surface area (Å²) in [6.07, 6.45) is -1.63. The number of esters is 1. The molecule has 1 fully saturated rings. The van der Waals surface area contributed by atoms with Crippen molar-refractivity contribution >= 4 is 14.3 Å². The van der Waals surface area contributed by atoms with Crippen molar-refractivity contribution in [2.45, 2.75) is 102 Å². The molecule has 0 spiro atoms. The Balaban J connectivity index is 2.31. The van der Waals surface area contributed by atoms with Gasteiger partial charge in [-0.25, -0.2) is 0 Å². The van der Waals surface area contributed by atoms with Crippen molar-refractivity contribution in [1.29, 1.82) is 0 Å². The van der Waals surface area contributed by atoms with Gasteiger partial charge in [0.2, 0.25) is 0 Å². The molecule has 0 aliphatic carbocycles. The van der Waals surface area contributed by atoms with Crippen LogP contribution in [0.1, 0.15) is 60.5 Å². The molecular weight excluding hydrogens is 478 g/mol. The molecule has 10 heteroatoms. The topological polar surface area (TPSA) is 123 Å². The van der Waals surface area contributed by atoms with Crippen molar-refractivity contribution in [2.24, 2.45) is 5.11 Å². The molecule has 1 N–H and O–H groups in total. The normalized spacial score (nSPS) is 24.7. The van der Waals surface area contributed by atoms with E-state index in [4.69, 9.17) is 18.6 Å². The molecule has 36 heavy (non-hydrogen) atoms. The largest absolute Gasteiger partial charge is 0.463 e. The Kier molecular flexibility index (Phi) is 11.4. The van der Waals surface area contributed by atoms with Crippen molar-refractivity contribution in [1.82, 2.24) is 0 Å². The van der Waals surface area contributed by atoms with Gasteiger partial charge in [0, 0.05) is 18.3 Å². The molecule has 0 unspecified atom stereocenters. The monoisotopic (exact) mass is 521 g/mol. The number of aliphatic hydroxyl groups is 1. The minimum absolute atomic E-state index is 0.0885. The van der Waals surface area contributed by atoms with Crippen LogP contribution in [0.2, 0.25) is 16.6 Å².